The van der Waals surface area contributed by atoms with Gasteiger partial charge in [-0.1, -0.05) is 141 Å². The third kappa shape index (κ3) is 7.45. The first-order valence-electron chi connectivity index (χ1n) is 21.5. The highest BCUT2D eigenvalue weighted by atomic mass is 32.1. The standard InChI is InChI=1S/C58H48N2O2S/c1-5-18-43(6-2)60(51-25-15-13-24-47(51)41-19-9-7-10-20-41)45-30-31-49-50-33-34-52-57-48(32-35-53(58(50)57)62-54(49)37-45)42(38-61-52)29-28-39(3)59(44-21-11-8-12-22-44)36-17-27-55-40(4)46-23-14-16-26-56(46)63-55/h5-21,23-36,44,54H,1-2,4,22,37-38H2,3H3. The van der Waals surface area contributed by atoms with Gasteiger partial charge in [-0.05, 0) is 107 Å². The number of fused-ring (bicyclic) bond motifs is 3. The number of nitrogens with zero attached hydrogens (tertiary/aromatic N) is 2. The zero-order valence-corrected chi connectivity index (χ0v) is 36.2. The SMILES string of the molecule is C=CC=C(C=C)N(C1=CC=C2c3ccc4c5c(ccc(c35)OC2C1)C(=CC=C(C)N(C=CC=c1sc2ccccc2c1=C)C1C=CC=CC1)CO4)c1ccccc1-c1ccccc1. The van der Waals surface area contributed by atoms with Gasteiger partial charge in [-0.3, -0.25) is 0 Å². The van der Waals surface area contributed by atoms with Crippen LogP contribution in [0.4, 0.5) is 5.69 Å². The fourth-order valence-corrected chi connectivity index (χ4v) is 10.3. The summed E-state index contributed by atoms with van der Waals surface area (Å²) in [4.78, 5) is 4.65. The molecule has 0 radical (unpaired) electrons. The van der Waals surface area contributed by atoms with E-state index in [2.05, 4.69) is 207 Å². The highest BCUT2D eigenvalue weighted by molar-refractivity contribution is 7.17. The van der Waals surface area contributed by atoms with E-state index < -0.39 is 0 Å². The number of hydrogen-bond acceptors (Lipinski definition) is 5. The Labute approximate surface area is 373 Å². The number of allylic oxidation sites excluding steroid dienone is 11. The summed E-state index contributed by atoms with van der Waals surface area (Å²) < 4.78 is 16.0. The molecule has 1 aromatic heterocycles. The topological polar surface area (TPSA) is 24.9 Å². The van der Waals surface area contributed by atoms with Gasteiger partial charge in [-0.15, -0.1) is 11.3 Å². The summed E-state index contributed by atoms with van der Waals surface area (Å²) in [6.45, 7) is 15.3. The zero-order valence-electron chi connectivity index (χ0n) is 35.4. The smallest absolute Gasteiger partial charge is 0.130 e. The molecular formula is C58H48N2O2S. The summed E-state index contributed by atoms with van der Waals surface area (Å²) in [5.41, 5.74) is 11.2. The number of anilines is 1. The molecule has 2 aliphatic heterocycles. The van der Waals surface area contributed by atoms with Gasteiger partial charge in [0.1, 0.15) is 24.2 Å². The molecule has 0 fully saturated rings. The molecule has 0 saturated carbocycles. The molecule has 10 rings (SSSR count). The molecule has 6 aromatic rings. The van der Waals surface area contributed by atoms with Crippen LogP contribution in [-0.4, -0.2) is 23.7 Å². The fraction of sp³-hybridized carbons (Fsp3) is 0.103. The van der Waals surface area contributed by atoms with Gasteiger partial charge in [0, 0.05) is 60.9 Å². The molecule has 4 aliphatic rings. The van der Waals surface area contributed by atoms with Gasteiger partial charge in [-0.2, -0.15) is 0 Å². The molecule has 0 spiro atoms. The maximum atomic E-state index is 7.00. The van der Waals surface area contributed by atoms with Crippen molar-refractivity contribution in [2.24, 2.45) is 0 Å². The van der Waals surface area contributed by atoms with Gasteiger partial charge >= 0.3 is 0 Å². The van der Waals surface area contributed by atoms with E-state index in [4.69, 9.17) is 9.47 Å². The first kappa shape index (κ1) is 39.8. The first-order valence-corrected chi connectivity index (χ1v) is 22.4. The molecule has 3 heterocycles. The summed E-state index contributed by atoms with van der Waals surface area (Å²) in [5.74, 6) is 1.76. The second-order valence-corrected chi connectivity index (χ2v) is 17.2. The minimum atomic E-state index is -0.179. The van der Waals surface area contributed by atoms with Crippen LogP contribution in [0, 0.1) is 0 Å². The van der Waals surface area contributed by atoms with Gasteiger partial charge in [0.2, 0.25) is 0 Å². The lowest BCUT2D eigenvalue weighted by Crippen LogP contribution is -2.31. The van der Waals surface area contributed by atoms with Crippen LogP contribution in [0.2, 0.25) is 0 Å². The lowest BCUT2D eigenvalue weighted by Gasteiger charge is -2.37. The van der Waals surface area contributed by atoms with Gasteiger partial charge in [0.15, 0.2) is 0 Å². The number of thiophene rings is 1. The van der Waals surface area contributed by atoms with Crippen LogP contribution in [0.5, 0.6) is 11.5 Å². The fourth-order valence-electron chi connectivity index (χ4n) is 9.27. The van der Waals surface area contributed by atoms with Gasteiger partial charge in [0.05, 0.1) is 11.7 Å². The lowest BCUT2D eigenvalue weighted by atomic mass is 9.84. The molecule has 63 heavy (non-hydrogen) atoms. The number of ether oxygens (including phenoxy) is 2. The van der Waals surface area contributed by atoms with Crippen molar-refractivity contribution < 1.29 is 9.47 Å². The molecule has 5 aromatic carbocycles. The van der Waals surface area contributed by atoms with E-state index in [1.807, 2.05) is 18.2 Å². The van der Waals surface area contributed by atoms with Crippen molar-refractivity contribution in [1.29, 1.82) is 0 Å². The summed E-state index contributed by atoms with van der Waals surface area (Å²) in [7, 11) is 0. The van der Waals surface area contributed by atoms with E-state index in [1.54, 1.807) is 11.3 Å². The van der Waals surface area contributed by atoms with E-state index in [0.717, 1.165) is 73.4 Å². The Hall–Kier alpha value is -7.34. The highest BCUT2D eigenvalue weighted by Gasteiger charge is 2.34. The van der Waals surface area contributed by atoms with Crippen LogP contribution < -0.4 is 24.1 Å². The van der Waals surface area contributed by atoms with Crippen LogP contribution >= 0.6 is 11.3 Å². The Bertz CT molecular complexity index is 3190. The summed E-state index contributed by atoms with van der Waals surface area (Å²) >= 11 is 1.78. The second kappa shape index (κ2) is 17.2. The average molecular weight is 837 g/mol. The quantitative estimate of drug-likeness (QED) is 0.121. The Morgan fingerprint density at radius 3 is 2.41 bits per heavy atom. The second-order valence-electron chi connectivity index (χ2n) is 16.1. The van der Waals surface area contributed by atoms with Crippen molar-refractivity contribution in [2.75, 3.05) is 11.5 Å². The normalized spacial score (nSPS) is 18.8. The van der Waals surface area contributed by atoms with Crippen LogP contribution in [0.1, 0.15) is 30.9 Å². The van der Waals surface area contributed by atoms with Crippen molar-refractivity contribution in [2.45, 2.75) is 31.9 Å². The van der Waals surface area contributed by atoms with E-state index in [-0.39, 0.29) is 12.1 Å². The summed E-state index contributed by atoms with van der Waals surface area (Å²) in [6.07, 6.45) is 31.4. The molecule has 2 atom stereocenters. The maximum absolute atomic E-state index is 7.00. The van der Waals surface area contributed by atoms with Crippen LogP contribution in [0.15, 0.2) is 212 Å². The van der Waals surface area contributed by atoms with Crippen molar-refractivity contribution >= 4 is 61.7 Å². The minimum absolute atomic E-state index is 0.179. The van der Waals surface area contributed by atoms with Crippen molar-refractivity contribution in [3.05, 3.63) is 233 Å². The predicted molar refractivity (Wildman–Crippen MR) is 268 cm³/mol. The van der Waals surface area contributed by atoms with Crippen molar-refractivity contribution in [3.8, 4) is 22.6 Å². The number of para-hydroxylation sites is 1. The number of rotatable bonds is 11. The summed E-state index contributed by atoms with van der Waals surface area (Å²) in [5, 5.41) is 4.50. The van der Waals surface area contributed by atoms with Crippen LogP contribution in [0.3, 0.4) is 0 Å². The zero-order chi connectivity index (χ0) is 42.9. The highest BCUT2D eigenvalue weighted by Crippen LogP contribution is 2.50. The molecule has 2 aliphatic carbocycles. The molecule has 0 amide bonds. The summed E-state index contributed by atoms with van der Waals surface area (Å²) in [6, 6.07) is 36.5. The van der Waals surface area contributed by atoms with E-state index in [0.29, 0.717) is 13.0 Å². The Kier molecular flexibility index (Phi) is 10.9. The third-order valence-electron chi connectivity index (χ3n) is 12.3. The molecular weight excluding hydrogens is 789 g/mol. The minimum Gasteiger partial charge on any atom is -0.488 e. The third-order valence-corrected chi connectivity index (χ3v) is 13.5. The van der Waals surface area contributed by atoms with Crippen molar-refractivity contribution in [3.63, 3.8) is 0 Å². The largest absolute Gasteiger partial charge is 0.488 e. The van der Waals surface area contributed by atoms with Gasteiger partial charge in [0.25, 0.3) is 0 Å². The van der Waals surface area contributed by atoms with Crippen LogP contribution in [-0.2, 0) is 0 Å². The maximum Gasteiger partial charge on any atom is 0.130 e. The van der Waals surface area contributed by atoms with Crippen LogP contribution in [0.25, 0.3) is 55.8 Å². The van der Waals surface area contributed by atoms with E-state index in [1.165, 1.54) is 31.3 Å². The molecule has 0 N–H and O–H groups in total. The molecule has 0 bridgehead atoms. The van der Waals surface area contributed by atoms with Crippen molar-refractivity contribution in [1.82, 2.24) is 4.90 Å². The predicted octanol–water partition coefficient (Wildman–Crippen LogP) is 13.2. The Morgan fingerprint density at radius 2 is 1.59 bits per heavy atom. The lowest BCUT2D eigenvalue weighted by molar-refractivity contribution is 0.255. The monoisotopic (exact) mass is 836 g/mol. The average Bonchev–Trinajstić information content (AvgIpc) is 3.66. The molecule has 0 saturated heterocycles. The van der Waals surface area contributed by atoms with Gasteiger partial charge in [-0.25, -0.2) is 0 Å². The van der Waals surface area contributed by atoms with Gasteiger partial charge < -0.3 is 19.3 Å². The van der Waals surface area contributed by atoms with E-state index in [9.17, 15) is 0 Å². The first-order chi connectivity index (χ1) is 31.0. The number of hydrogen-bond donors (Lipinski definition) is 0. The Balaban J connectivity index is 0.997. The Morgan fingerprint density at radius 1 is 0.794 bits per heavy atom. The number of benzene rings is 5. The molecule has 308 valence electrons. The molecule has 4 nitrogen and oxygen atoms in total. The molecule has 2 unspecified atom stereocenters. The molecule has 5 heteroatoms. The van der Waals surface area contributed by atoms with E-state index >= 15 is 0 Å².